The molecule has 0 spiro atoms. The van der Waals surface area contributed by atoms with E-state index in [0.717, 1.165) is 12.8 Å². The van der Waals surface area contributed by atoms with Crippen molar-refractivity contribution in [2.75, 3.05) is 0 Å². The van der Waals surface area contributed by atoms with Crippen molar-refractivity contribution in [3.05, 3.63) is 0 Å². The van der Waals surface area contributed by atoms with E-state index < -0.39 is 23.8 Å². The zero-order valence-electron chi connectivity index (χ0n) is 8.27. The second-order valence-electron chi connectivity index (χ2n) is 4.16. The summed E-state index contributed by atoms with van der Waals surface area (Å²) in [6.07, 6.45) is 2.75. The van der Waals surface area contributed by atoms with Crippen LogP contribution in [-0.2, 0) is 9.59 Å². The Morgan fingerprint density at radius 2 is 1.64 bits per heavy atom. The normalized spacial score (nSPS) is 33.4. The van der Waals surface area contributed by atoms with Crippen molar-refractivity contribution in [2.24, 2.45) is 17.8 Å². The largest absolute Gasteiger partial charge is 0.481 e. The molecular formula is C10H16O4. The third-order valence-electron chi connectivity index (χ3n) is 2.99. The first-order valence-electron chi connectivity index (χ1n) is 4.98. The maximum Gasteiger partial charge on any atom is 0.307 e. The van der Waals surface area contributed by atoms with Crippen molar-refractivity contribution in [3.8, 4) is 0 Å². The van der Waals surface area contributed by atoms with Gasteiger partial charge in [-0.1, -0.05) is 19.8 Å². The fraction of sp³-hybridized carbons (Fsp3) is 0.800. The van der Waals surface area contributed by atoms with Crippen LogP contribution < -0.4 is 0 Å². The molecule has 0 aromatic rings. The molecule has 0 radical (unpaired) electrons. The Kier molecular flexibility index (Phi) is 3.49. The smallest absolute Gasteiger partial charge is 0.307 e. The van der Waals surface area contributed by atoms with Crippen LogP contribution in [0.25, 0.3) is 0 Å². The van der Waals surface area contributed by atoms with Gasteiger partial charge in [-0.05, 0) is 18.8 Å². The minimum Gasteiger partial charge on any atom is -0.481 e. The van der Waals surface area contributed by atoms with Gasteiger partial charge in [-0.25, -0.2) is 0 Å². The van der Waals surface area contributed by atoms with Gasteiger partial charge in [0, 0.05) is 0 Å². The van der Waals surface area contributed by atoms with Crippen molar-refractivity contribution in [3.63, 3.8) is 0 Å². The molecule has 1 saturated carbocycles. The molecule has 4 nitrogen and oxygen atoms in total. The third kappa shape index (κ3) is 2.47. The van der Waals surface area contributed by atoms with E-state index >= 15 is 0 Å². The highest BCUT2D eigenvalue weighted by atomic mass is 16.4. The molecule has 1 aliphatic carbocycles. The van der Waals surface area contributed by atoms with Gasteiger partial charge in [-0.15, -0.1) is 0 Å². The Bertz CT molecular complexity index is 236. The molecule has 0 aromatic carbocycles. The molecule has 0 aromatic heterocycles. The highest BCUT2D eigenvalue weighted by Gasteiger charge is 2.36. The van der Waals surface area contributed by atoms with E-state index in [1.54, 1.807) is 0 Å². The molecule has 0 bridgehead atoms. The highest BCUT2D eigenvalue weighted by Crippen LogP contribution is 2.32. The molecule has 80 valence electrons. The lowest BCUT2D eigenvalue weighted by Crippen LogP contribution is -2.29. The molecule has 14 heavy (non-hydrogen) atoms. The molecule has 4 heteroatoms. The van der Waals surface area contributed by atoms with Crippen LogP contribution in [0.5, 0.6) is 0 Å². The fourth-order valence-corrected chi connectivity index (χ4v) is 2.17. The number of rotatable bonds is 2. The summed E-state index contributed by atoms with van der Waals surface area (Å²) in [6, 6.07) is 0. The van der Waals surface area contributed by atoms with Crippen molar-refractivity contribution in [1.29, 1.82) is 0 Å². The first-order valence-corrected chi connectivity index (χ1v) is 4.98. The zero-order valence-corrected chi connectivity index (χ0v) is 8.27. The monoisotopic (exact) mass is 200 g/mol. The Morgan fingerprint density at radius 1 is 1.07 bits per heavy atom. The van der Waals surface area contributed by atoms with Crippen LogP contribution in [0.3, 0.4) is 0 Å². The van der Waals surface area contributed by atoms with Crippen LogP contribution in [0.4, 0.5) is 0 Å². The average Bonchev–Trinajstić information content (AvgIpc) is 2.26. The van der Waals surface area contributed by atoms with Crippen LogP contribution in [-0.4, -0.2) is 22.2 Å². The van der Waals surface area contributed by atoms with E-state index in [4.69, 9.17) is 10.2 Å². The number of carbonyl (C=O) groups is 2. The highest BCUT2D eigenvalue weighted by molar-refractivity contribution is 5.80. The van der Waals surface area contributed by atoms with Crippen LogP contribution >= 0.6 is 0 Å². The third-order valence-corrected chi connectivity index (χ3v) is 2.99. The average molecular weight is 200 g/mol. The van der Waals surface area contributed by atoms with Crippen molar-refractivity contribution in [2.45, 2.75) is 32.6 Å². The van der Waals surface area contributed by atoms with Gasteiger partial charge in [-0.3, -0.25) is 9.59 Å². The zero-order chi connectivity index (χ0) is 10.7. The molecule has 1 rings (SSSR count). The van der Waals surface area contributed by atoms with Crippen molar-refractivity contribution >= 4 is 11.9 Å². The van der Waals surface area contributed by atoms with E-state index in [0.29, 0.717) is 18.8 Å². The SMILES string of the molecule is CC1CCCC(C(=O)O)C(C(=O)O)C1. The Labute approximate surface area is 82.9 Å². The Hall–Kier alpha value is -1.06. The predicted octanol–water partition coefficient (Wildman–Crippen LogP) is 1.60. The number of hydrogen-bond donors (Lipinski definition) is 2. The van der Waals surface area contributed by atoms with E-state index in [1.165, 1.54) is 0 Å². The summed E-state index contributed by atoms with van der Waals surface area (Å²) >= 11 is 0. The van der Waals surface area contributed by atoms with Gasteiger partial charge in [0.2, 0.25) is 0 Å². The molecule has 0 aliphatic heterocycles. The van der Waals surface area contributed by atoms with Gasteiger partial charge in [0.1, 0.15) is 0 Å². The molecule has 0 saturated heterocycles. The Morgan fingerprint density at radius 3 is 2.14 bits per heavy atom. The molecule has 0 amide bonds. The minimum absolute atomic E-state index is 0.320. The molecule has 1 fully saturated rings. The summed E-state index contributed by atoms with van der Waals surface area (Å²) in [5.41, 5.74) is 0. The summed E-state index contributed by atoms with van der Waals surface area (Å²) in [6.45, 7) is 1.99. The first-order chi connectivity index (χ1) is 6.52. The summed E-state index contributed by atoms with van der Waals surface area (Å²) in [5, 5.41) is 17.8. The van der Waals surface area contributed by atoms with Crippen LogP contribution in [0.2, 0.25) is 0 Å². The summed E-state index contributed by atoms with van der Waals surface area (Å²) in [4.78, 5) is 21.8. The number of hydrogen-bond acceptors (Lipinski definition) is 2. The summed E-state index contributed by atoms with van der Waals surface area (Å²) < 4.78 is 0. The molecule has 0 heterocycles. The second-order valence-corrected chi connectivity index (χ2v) is 4.16. The van der Waals surface area contributed by atoms with E-state index in [2.05, 4.69) is 0 Å². The lowest BCUT2D eigenvalue weighted by atomic mass is 9.86. The minimum atomic E-state index is -0.967. The fourth-order valence-electron chi connectivity index (χ4n) is 2.17. The topological polar surface area (TPSA) is 74.6 Å². The number of carboxylic acid groups (broad SMARTS) is 2. The maximum absolute atomic E-state index is 10.9. The van der Waals surface area contributed by atoms with E-state index in [9.17, 15) is 9.59 Å². The van der Waals surface area contributed by atoms with Crippen molar-refractivity contribution < 1.29 is 19.8 Å². The second kappa shape index (κ2) is 4.44. The predicted molar refractivity (Wildman–Crippen MR) is 49.9 cm³/mol. The van der Waals surface area contributed by atoms with Gasteiger partial charge in [-0.2, -0.15) is 0 Å². The molecular weight excluding hydrogens is 184 g/mol. The molecule has 1 aliphatic rings. The van der Waals surface area contributed by atoms with E-state index in [1.807, 2.05) is 6.92 Å². The summed E-state index contributed by atoms with van der Waals surface area (Å²) in [5.74, 6) is -3.01. The van der Waals surface area contributed by atoms with Gasteiger partial charge in [0.05, 0.1) is 11.8 Å². The lowest BCUT2D eigenvalue weighted by molar-refractivity contribution is -0.154. The van der Waals surface area contributed by atoms with Gasteiger partial charge < -0.3 is 10.2 Å². The number of aliphatic carboxylic acids is 2. The summed E-state index contributed by atoms with van der Waals surface area (Å²) in [7, 11) is 0. The lowest BCUT2D eigenvalue weighted by Gasteiger charge is -2.18. The molecule has 3 atom stereocenters. The first kappa shape index (κ1) is 11.0. The van der Waals surface area contributed by atoms with Crippen LogP contribution in [0, 0.1) is 17.8 Å². The van der Waals surface area contributed by atoms with Gasteiger partial charge in [0.15, 0.2) is 0 Å². The van der Waals surface area contributed by atoms with Crippen LogP contribution in [0.1, 0.15) is 32.6 Å². The standard InChI is InChI=1S/C10H16O4/c1-6-3-2-4-7(9(11)12)8(5-6)10(13)14/h6-8H,2-5H2,1H3,(H,11,12)(H,13,14). The molecule has 2 N–H and O–H groups in total. The number of carboxylic acids is 2. The van der Waals surface area contributed by atoms with Gasteiger partial charge >= 0.3 is 11.9 Å². The van der Waals surface area contributed by atoms with Crippen LogP contribution in [0.15, 0.2) is 0 Å². The quantitative estimate of drug-likeness (QED) is 0.664. The molecule has 3 unspecified atom stereocenters. The van der Waals surface area contributed by atoms with Gasteiger partial charge in [0.25, 0.3) is 0 Å². The maximum atomic E-state index is 10.9. The van der Waals surface area contributed by atoms with Crippen molar-refractivity contribution in [1.82, 2.24) is 0 Å². The van der Waals surface area contributed by atoms with E-state index in [-0.39, 0.29) is 0 Å². The Balaban J connectivity index is 2.79.